The largest absolute Gasteiger partial charge is 0.379 e. The maximum atomic E-state index is 13.9. The minimum Gasteiger partial charge on any atom is -0.379 e. The van der Waals surface area contributed by atoms with Crippen molar-refractivity contribution in [1.29, 1.82) is 0 Å². The van der Waals surface area contributed by atoms with E-state index >= 15 is 0 Å². The van der Waals surface area contributed by atoms with Gasteiger partial charge in [-0.2, -0.15) is 0 Å². The van der Waals surface area contributed by atoms with Gasteiger partial charge in [-0.05, 0) is 44.8 Å². The van der Waals surface area contributed by atoms with Crippen LogP contribution in [0.15, 0.2) is 29.3 Å². The molecule has 0 spiro atoms. The maximum absolute atomic E-state index is 13.9. The van der Waals surface area contributed by atoms with E-state index in [9.17, 15) is 4.39 Å². The Hall–Kier alpha value is -1.70. The van der Waals surface area contributed by atoms with Crippen LogP contribution in [0, 0.1) is 11.7 Å². The highest BCUT2D eigenvalue weighted by Crippen LogP contribution is 2.20. The molecular weight excluding hydrogens is 369 g/mol. The lowest BCUT2D eigenvalue weighted by Gasteiger charge is -2.31. The van der Waals surface area contributed by atoms with Gasteiger partial charge in [0.05, 0.1) is 13.2 Å². The van der Waals surface area contributed by atoms with Crippen LogP contribution in [-0.4, -0.2) is 81.3 Å². The molecule has 2 fully saturated rings. The topological polar surface area (TPSA) is 52.1 Å². The van der Waals surface area contributed by atoms with Crippen LogP contribution in [0.5, 0.6) is 0 Å². The molecule has 0 unspecified atom stereocenters. The van der Waals surface area contributed by atoms with Gasteiger partial charge < -0.3 is 15.4 Å². The number of hydrogen-bond acceptors (Lipinski definition) is 4. The van der Waals surface area contributed by atoms with Crippen molar-refractivity contribution in [2.75, 3.05) is 65.6 Å². The number of piperidine rings is 1. The van der Waals surface area contributed by atoms with Crippen LogP contribution in [0.3, 0.4) is 0 Å². The lowest BCUT2D eigenvalue weighted by atomic mass is 9.96. The van der Waals surface area contributed by atoms with Gasteiger partial charge in [0.1, 0.15) is 5.82 Å². The number of aliphatic imine (C=N–C) groups is 1. The highest BCUT2D eigenvalue weighted by atomic mass is 19.1. The fourth-order valence-corrected chi connectivity index (χ4v) is 3.91. The molecule has 29 heavy (non-hydrogen) atoms. The van der Waals surface area contributed by atoms with Gasteiger partial charge in [0.2, 0.25) is 0 Å². The van der Waals surface area contributed by atoms with E-state index in [-0.39, 0.29) is 5.82 Å². The molecule has 2 N–H and O–H groups in total. The highest BCUT2D eigenvalue weighted by molar-refractivity contribution is 5.79. The third-order valence-electron chi connectivity index (χ3n) is 5.73. The first-order valence-electron chi connectivity index (χ1n) is 11.0. The van der Waals surface area contributed by atoms with Crippen LogP contribution in [0.4, 0.5) is 4.39 Å². The second-order valence-electron chi connectivity index (χ2n) is 7.91. The van der Waals surface area contributed by atoms with Crippen LogP contribution in [-0.2, 0) is 11.3 Å². The van der Waals surface area contributed by atoms with Crippen LogP contribution in [0.1, 0.15) is 25.3 Å². The molecule has 6 nitrogen and oxygen atoms in total. The number of nitrogens with one attached hydrogen (secondary N) is 2. The third-order valence-corrected chi connectivity index (χ3v) is 5.73. The Morgan fingerprint density at radius 1 is 1.10 bits per heavy atom. The van der Waals surface area contributed by atoms with Crippen LogP contribution in [0.2, 0.25) is 0 Å². The Bertz CT molecular complexity index is 627. The summed E-state index contributed by atoms with van der Waals surface area (Å²) in [5.41, 5.74) is 0.794. The van der Waals surface area contributed by atoms with Crippen molar-refractivity contribution in [2.24, 2.45) is 10.9 Å². The van der Waals surface area contributed by atoms with Gasteiger partial charge in [-0.3, -0.25) is 14.8 Å². The first-order chi connectivity index (χ1) is 14.2. The summed E-state index contributed by atoms with van der Waals surface area (Å²) in [6.45, 7) is 12.1. The number of likely N-dealkylation sites (tertiary alicyclic amines) is 1. The fraction of sp³-hybridized carbons (Fsp3) is 0.682. The zero-order valence-corrected chi connectivity index (χ0v) is 17.7. The van der Waals surface area contributed by atoms with Crippen molar-refractivity contribution >= 4 is 5.96 Å². The Balaban J connectivity index is 1.37. The van der Waals surface area contributed by atoms with Crippen molar-refractivity contribution in [2.45, 2.75) is 26.3 Å². The Morgan fingerprint density at radius 3 is 2.59 bits per heavy atom. The van der Waals surface area contributed by atoms with E-state index in [2.05, 4.69) is 27.4 Å². The minimum absolute atomic E-state index is 0.0994. The van der Waals surface area contributed by atoms with Gasteiger partial charge in [-0.25, -0.2) is 4.39 Å². The number of ether oxygens (including phenoxy) is 1. The van der Waals surface area contributed by atoms with Crippen molar-refractivity contribution in [3.63, 3.8) is 0 Å². The van der Waals surface area contributed by atoms with E-state index in [1.54, 1.807) is 12.1 Å². The molecule has 0 aliphatic carbocycles. The Labute approximate surface area is 174 Å². The summed E-state index contributed by atoms with van der Waals surface area (Å²) in [6, 6.07) is 7.09. The van der Waals surface area contributed by atoms with Crippen molar-refractivity contribution < 1.29 is 9.13 Å². The zero-order chi connectivity index (χ0) is 20.3. The number of benzene rings is 1. The smallest absolute Gasteiger partial charge is 0.191 e. The van der Waals surface area contributed by atoms with E-state index < -0.39 is 0 Å². The van der Waals surface area contributed by atoms with E-state index in [0.29, 0.717) is 12.5 Å². The van der Waals surface area contributed by atoms with Gasteiger partial charge in [-0.1, -0.05) is 18.2 Å². The van der Waals surface area contributed by atoms with Crippen LogP contribution in [0.25, 0.3) is 0 Å². The standard InChI is InChI=1S/C22H36FN5O/c1-2-24-22(25-9-12-27-13-15-29-16-14-27)26-17-19-7-10-28(11-8-19)18-20-5-3-4-6-21(20)23/h3-6,19H,2,7-18H2,1H3,(H2,24,25,26). The summed E-state index contributed by atoms with van der Waals surface area (Å²) < 4.78 is 19.3. The molecule has 162 valence electrons. The van der Waals surface area contributed by atoms with Gasteiger partial charge in [0.25, 0.3) is 0 Å². The molecule has 2 aliphatic rings. The molecule has 0 saturated carbocycles. The fourth-order valence-electron chi connectivity index (χ4n) is 3.91. The summed E-state index contributed by atoms with van der Waals surface area (Å²) in [5.74, 6) is 1.41. The predicted octanol–water partition coefficient (Wildman–Crippen LogP) is 1.93. The second-order valence-corrected chi connectivity index (χ2v) is 7.91. The first-order valence-corrected chi connectivity index (χ1v) is 11.0. The first kappa shape index (κ1) is 22.0. The van der Waals surface area contributed by atoms with Crippen molar-refractivity contribution in [1.82, 2.24) is 20.4 Å². The van der Waals surface area contributed by atoms with Crippen LogP contribution < -0.4 is 10.6 Å². The van der Waals surface area contributed by atoms with Gasteiger partial charge in [-0.15, -0.1) is 0 Å². The molecule has 0 amide bonds. The number of halogens is 1. The summed E-state index contributed by atoms with van der Waals surface area (Å²) in [6.07, 6.45) is 2.23. The second kappa shape index (κ2) is 12.1. The summed E-state index contributed by atoms with van der Waals surface area (Å²) in [7, 11) is 0. The molecule has 0 atom stereocenters. The molecule has 7 heteroatoms. The number of hydrogen-bond donors (Lipinski definition) is 2. The van der Waals surface area contributed by atoms with Crippen molar-refractivity contribution in [3.8, 4) is 0 Å². The SMILES string of the molecule is CCNC(=NCC1CCN(Cc2ccccc2F)CC1)NCCN1CCOCC1. The molecule has 2 heterocycles. The average Bonchev–Trinajstić information content (AvgIpc) is 2.75. The number of morpholine rings is 1. The molecule has 0 radical (unpaired) electrons. The molecule has 3 rings (SSSR count). The van der Waals surface area contributed by atoms with Gasteiger partial charge in [0, 0.05) is 51.4 Å². The third kappa shape index (κ3) is 7.57. The molecule has 0 aromatic heterocycles. The molecular formula is C22H36FN5O. The summed E-state index contributed by atoms with van der Waals surface area (Å²) in [4.78, 5) is 9.59. The minimum atomic E-state index is -0.0994. The Morgan fingerprint density at radius 2 is 1.86 bits per heavy atom. The van der Waals surface area contributed by atoms with Crippen molar-refractivity contribution in [3.05, 3.63) is 35.6 Å². The monoisotopic (exact) mass is 405 g/mol. The highest BCUT2D eigenvalue weighted by Gasteiger charge is 2.20. The number of guanidine groups is 1. The lowest BCUT2D eigenvalue weighted by molar-refractivity contribution is 0.0389. The molecule has 1 aromatic rings. The Kier molecular flexibility index (Phi) is 9.18. The quantitative estimate of drug-likeness (QED) is 0.511. The van der Waals surface area contributed by atoms with E-state index in [4.69, 9.17) is 9.73 Å². The maximum Gasteiger partial charge on any atom is 0.191 e. The lowest BCUT2D eigenvalue weighted by Crippen LogP contribution is -2.44. The molecule has 0 bridgehead atoms. The van der Waals surface area contributed by atoms with Gasteiger partial charge >= 0.3 is 0 Å². The van der Waals surface area contributed by atoms with E-state index in [1.807, 2.05) is 12.1 Å². The van der Waals surface area contributed by atoms with E-state index in [0.717, 1.165) is 89.9 Å². The summed E-state index contributed by atoms with van der Waals surface area (Å²) >= 11 is 0. The zero-order valence-electron chi connectivity index (χ0n) is 17.7. The molecule has 2 saturated heterocycles. The van der Waals surface area contributed by atoms with Crippen LogP contribution >= 0.6 is 0 Å². The predicted molar refractivity (Wildman–Crippen MR) is 116 cm³/mol. The normalized spacial score (nSPS) is 20.0. The average molecular weight is 406 g/mol. The van der Waals surface area contributed by atoms with E-state index in [1.165, 1.54) is 0 Å². The molecule has 1 aromatic carbocycles. The summed E-state index contributed by atoms with van der Waals surface area (Å²) in [5, 5.41) is 6.81. The number of rotatable bonds is 8. The molecule has 2 aliphatic heterocycles. The van der Waals surface area contributed by atoms with Gasteiger partial charge in [0.15, 0.2) is 5.96 Å². The number of nitrogens with zero attached hydrogens (tertiary/aromatic N) is 3.